The van der Waals surface area contributed by atoms with Crippen molar-refractivity contribution in [2.45, 2.75) is 34.1 Å². The number of aliphatic carboxylic acids is 1. The minimum atomic E-state index is -0.838. The quantitative estimate of drug-likeness (QED) is 0.586. The highest BCUT2D eigenvalue weighted by molar-refractivity contribution is 5.66. The van der Waals surface area contributed by atoms with Gasteiger partial charge in [-0.15, -0.1) is 0 Å². The van der Waals surface area contributed by atoms with Crippen LogP contribution in [0.1, 0.15) is 34.1 Å². The van der Waals surface area contributed by atoms with Crippen LogP contribution in [0.4, 0.5) is 0 Å². The van der Waals surface area contributed by atoms with Gasteiger partial charge in [-0.3, -0.25) is 4.79 Å². The zero-order chi connectivity index (χ0) is 14.9. The first kappa shape index (κ1) is 18.4. The molecule has 5 nitrogen and oxygen atoms in total. The van der Waals surface area contributed by atoms with E-state index in [1.165, 1.54) is 0 Å². The van der Waals surface area contributed by atoms with Gasteiger partial charge in [0.1, 0.15) is 0 Å². The first-order chi connectivity index (χ1) is 8.68. The van der Waals surface area contributed by atoms with Gasteiger partial charge in [-0.25, -0.2) is 0 Å². The molecule has 0 unspecified atom stereocenters. The van der Waals surface area contributed by atoms with Crippen molar-refractivity contribution in [2.24, 2.45) is 10.8 Å². The molecule has 114 valence electrons. The Kier molecular flexibility index (Phi) is 8.22. The standard InChI is InChI=1S/C14H28O5/c1-13(2,8-17-5)10-19-11-14(3,4)9-18-7-6-12(15)16/h6-11H2,1-5H3,(H,15,16). The van der Waals surface area contributed by atoms with Gasteiger partial charge < -0.3 is 19.3 Å². The van der Waals surface area contributed by atoms with Gasteiger partial charge in [0.05, 0.1) is 39.5 Å². The van der Waals surface area contributed by atoms with E-state index in [-0.39, 0.29) is 23.9 Å². The minimum absolute atomic E-state index is 0.00497. The smallest absolute Gasteiger partial charge is 0.305 e. The third-order valence-corrected chi connectivity index (χ3v) is 2.47. The van der Waals surface area contributed by atoms with E-state index < -0.39 is 5.97 Å². The Bertz CT molecular complexity index is 261. The molecular weight excluding hydrogens is 248 g/mol. The molecule has 0 spiro atoms. The Hall–Kier alpha value is -0.650. The summed E-state index contributed by atoms with van der Waals surface area (Å²) < 4.78 is 16.2. The minimum Gasteiger partial charge on any atom is -0.481 e. The average Bonchev–Trinajstić information content (AvgIpc) is 2.23. The predicted octanol–water partition coefficient (Wildman–Crippen LogP) is 2.19. The Balaban J connectivity index is 3.80. The molecule has 0 heterocycles. The topological polar surface area (TPSA) is 65.0 Å². The maximum absolute atomic E-state index is 10.4. The van der Waals surface area contributed by atoms with Gasteiger partial charge in [0.2, 0.25) is 0 Å². The van der Waals surface area contributed by atoms with Gasteiger partial charge in [0.15, 0.2) is 0 Å². The van der Waals surface area contributed by atoms with Crippen LogP contribution >= 0.6 is 0 Å². The number of hydrogen-bond donors (Lipinski definition) is 1. The van der Waals surface area contributed by atoms with E-state index in [4.69, 9.17) is 19.3 Å². The largest absolute Gasteiger partial charge is 0.481 e. The lowest BCUT2D eigenvalue weighted by Crippen LogP contribution is -2.31. The second kappa shape index (κ2) is 8.51. The fourth-order valence-electron chi connectivity index (χ4n) is 1.59. The third kappa shape index (κ3) is 10.9. The van der Waals surface area contributed by atoms with Crippen molar-refractivity contribution in [3.63, 3.8) is 0 Å². The Morgan fingerprint density at radius 1 is 0.947 bits per heavy atom. The summed E-state index contributed by atoms with van der Waals surface area (Å²) in [4.78, 5) is 10.4. The lowest BCUT2D eigenvalue weighted by atomic mass is 9.94. The van der Waals surface area contributed by atoms with Crippen molar-refractivity contribution in [3.05, 3.63) is 0 Å². The van der Waals surface area contributed by atoms with Crippen molar-refractivity contribution in [3.8, 4) is 0 Å². The van der Waals surface area contributed by atoms with Crippen LogP contribution in [0.15, 0.2) is 0 Å². The number of carboxylic acid groups (broad SMARTS) is 1. The molecule has 0 aromatic carbocycles. The fourth-order valence-corrected chi connectivity index (χ4v) is 1.59. The highest BCUT2D eigenvalue weighted by Gasteiger charge is 2.22. The van der Waals surface area contributed by atoms with E-state index in [2.05, 4.69) is 13.8 Å². The molecule has 0 rings (SSSR count). The molecular formula is C14H28O5. The predicted molar refractivity (Wildman–Crippen MR) is 73.3 cm³/mol. The molecule has 0 aliphatic rings. The fraction of sp³-hybridized carbons (Fsp3) is 0.929. The van der Waals surface area contributed by atoms with Gasteiger partial charge in [-0.1, -0.05) is 27.7 Å². The highest BCUT2D eigenvalue weighted by atomic mass is 16.5. The third-order valence-electron chi connectivity index (χ3n) is 2.47. The SMILES string of the molecule is COCC(C)(C)COCC(C)(C)COCCC(=O)O. The van der Waals surface area contributed by atoms with E-state index in [1.807, 2.05) is 13.8 Å². The normalized spacial score (nSPS) is 12.7. The van der Waals surface area contributed by atoms with Gasteiger partial charge >= 0.3 is 5.97 Å². The van der Waals surface area contributed by atoms with Gasteiger partial charge in [0, 0.05) is 17.9 Å². The summed E-state index contributed by atoms with van der Waals surface area (Å²) >= 11 is 0. The van der Waals surface area contributed by atoms with Crippen molar-refractivity contribution in [2.75, 3.05) is 40.1 Å². The van der Waals surface area contributed by atoms with Crippen LogP contribution in [-0.2, 0) is 19.0 Å². The number of ether oxygens (including phenoxy) is 3. The van der Waals surface area contributed by atoms with Crippen molar-refractivity contribution in [1.82, 2.24) is 0 Å². The lowest BCUT2D eigenvalue weighted by molar-refractivity contribution is -0.138. The molecule has 0 aromatic rings. The van der Waals surface area contributed by atoms with Gasteiger partial charge in [-0.05, 0) is 0 Å². The first-order valence-electron chi connectivity index (χ1n) is 6.55. The Morgan fingerprint density at radius 3 is 1.89 bits per heavy atom. The molecule has 1 N–H and O–H groups in total. The number of methoxy groups -OCH3 is 1. The van der Waals surface area contributed by atoms with Crippen LogP contribution in [0, 0.1) is 10.8 Å². The number of hydrogen-bond acceptors (Lipinski definition) is 4. The zero-order valence-corrected chi connectivity index (χ0v) is 12.8. The Labute approximate surface area is 116 Å². The maximum atomic E-state index is 10.4. The average molecular weight is 276 g/mol. The molecule has 0 aliphatic carbocycles. The summed E-state index contributed by atoms with van der Waals surface area (Å²) in [6.07, 6.45) is 0.0395. The molecule has 0 aromatic heterocycles. The highest BCUT2D eigenvalue weighted by Crippen LogP contribution is 2.20. The Morgan fingerprint density at radius 2 is 1.42 bits per heavy atom. The molecule has 19 heavy (non-hydrogen) atoms. The zero-order valence-electron chi connectivity index (χ0n) is 12.8. The lowest BCUT2D eigenvalue weighted by Gasteiger charge is -2.28. The summed E-state index contributed by atoms with van der Waals surface area (Å²) in [6.45, 7) is 10.8. The summed E-state index contributed by atoms with van der Waals surface area (Å²) in [5, 5.41) is 8.51. The summed E-state index contributed by atoms with van der Waals surface area (Å²) in [5.74, 6) is -0.838. The van der Waals surface area contributed by atoms with Crippen LogP contribution in [0.3, 0.4) is 0 Å². The van der Waals surface area contributed by atoms with Crippen LogP contribution < -0.4 is 0 Å². The monoisotopic (exact) mass is 276 g/mol. The summed E-state index contributed by atoms with van der Waals surface area (Å²) in [6, 6.07) is 0. The van der Waals surface area contributed by atoms with Crippen LogP contribution in [0.5, 0.6) is 0 Å². The second-order valence-corrected chi connectivity index (χ2v) is 6.45. The number of carboxylic acids is 1. The van der Waals surface area contributed by atoms with Crippen molar-refractivity contribution in [1.29, 1.82) is 0 Å². The number of rotatable bonds is 11. The summed E-state index contributed by atoms with van der Waals surface area (Å²) in [5.41, 5.74) is -0.128. The van der Waals surface area contributed by atoms with Crippen LogP contribution in [0.25, 0.3) is 0 Å². The summed E-state index contributed by atoms with van der Waals surface area (Å²) in [7, 11) is 1.68. The molecule has 0 atom stereocenters. The molecule has 5 heteroatoms. The van der Waals surface area contributed by atoms with E-state index in [9.17, 15) is 4.79 Å². The van der Waals surface area contributed by atoms with E-state index in [0.29, 0.717) is 26.4 Å². The van der Waals surface area contributed by atoms with Crippen LogP contribution in [-0.4, -0.2) is 51.2 Å². The molecule has 0 radical (unpaired) electrons. The molecule has 0 amide bonds. The van der Waals surface area contributed by atoms with E-state index in [1.54, 1.807) is 7.11 Å². The van der Waals surface area contributed by atoms with E-state index >= 15 is 0 Å². The molecule has 0 bridgehead atoms. The maximum Gasteiger partial charge on any atom is 0.305 e. The van der Waals surface area contributed by atoms with E-state index in [0.717, 1.165) is 0 Å². The second-order valence-electron chi connectivity index (χ2n) is 6.45. The van der Waals surface area contributed by atoms with Gasteiger partial charge in [-0.2, -0.15) is 0 Å². The van der Waals surface area contributed by atoms with Gasteiger partial charge in [0.25, 0.3) is 0 Å². The van der Waals surface area contributed by atoms with Crippen molar-refractivity contribution >= 4 is 5.97 Å². The molecule has 0 saturated carbocycles. The molecule has 0 aliphatic heterocycles. The molecule has 0 saturated heterocycles. The molecule has 0 fully saturated rings. The van der Waals surface area contributed by atoms with Crippen LogP contribution in [0.2, 0.25) is 0 Å². The number of carbonyl (C=O) groups is 1. The first-order valence-corrected chi connectivity index (χ1v) is 6.55. The van der Waals surface area contributed by atoms with Crippen molar-refractivity contribution < 1.29 is 24.1 Å².